The predicted molar refractivity (Wildman–Crippen MR) is 112 cm³/mol. The number of allylic oxidation sites excluding steroid dienone is 2. The van der Waals surface area contributed by atoms with Crippen molar-refractivity contribution < 1.29 is 14.3 Å². The Morgan fingerprint density at radius 1 is 1.11 bits per heavy atom. The number of hydrogen-bond acceptors (Lipinski definition) is 3. The van der Waals surface area contributed by atoms with Gasteiger partial charge in [0.05, 0.1) is 6.61 Å². The Kier molecular flexibility index (Phi) is 5.36. The number of benzene rings is 2. The average Bonchev–Trinajstić information content (AvgIpc) is 2.68. The first-order chi connectivity index (χ1) is 13.6. The van der Waals surface area contributed by atoms with Gasteiger partial charge < -0.3 is 4.74 Å². The summed E-state index contributed by atoms with van der Waals surface area (Å²) in [5.41, 5.74) is 3.35. The molecular formula is C23H22BrNO3. The number of halogens is 1. The molecule has 2 aliphatic rings. The molecule has 1 heterocycles. The number of ketones is 1. The summed E-state index contributed by atoms with van der Waals surface area (Å²) in [6.07, 6.45) is 2.30. The zero-order valence-corrected chi connectivity index (χ0v) is 17.4. The van der Waals surface area contributed by atoms with E-state index in [4.69, 9.17) is 4.74 Å². The van der Waals surface area contributed by atoms with Gasteiger partial charge in [-0.1, -0.05) is 40.2 Å². The molecule has 0 saturated carbocycles. The Bertz CT molecular complexity index is 966. The summed E-state index contributed by atoms with van der Waals surface area (Å²) in [4.78, 5) is 28.0. The van der Waals surface area contributed by atoms with E-state index in [1.165, 1.54) is 0 Å². The Hall–Kier alpha value is -2.40. The van der Waals surface area contributed by atoms with Crippen LogP contribution in [0.15, 0.2) is 64.3 Å². The minimum absolute atomic E-state index is 0.0165. The molecule has 1 aliphatic heterocycles. The van der Waals surface area contributed by atoms with Crippen molar-refractivity contribution in [1.29, 1.82) is 0 Å². The lowest BCUT2D eigenvalue weighted by atomic mass is 9.77. The number of rotatable bonds is 4. The molecule has 28 heavy (non-hydrogen) atoms. The molecule has 0 spiro atoms. The fourth-order valence-corrected chi connectivity index (χ4v) is 4.62. The minimum atomic E-state index is -0.249. The van der Waals surface area contributed by atoms with Crippen LogP contribution in [-0.4, -0.2) is 18.3 Å². The summed E-state index contributed by atoms with van der Waals surface area (Å²) in [5.74, 6) is 0.665. The summed E-state index contributed by atoms with van der Waals surface area (Å²) in [7, 11) is 0. The van der Waals surface area contributed by atoms with Gasteiger partial charge in [0.1, 0.15) is 5.75 Å². The molecule has 1 amide bonds. The molecule has 0 bridgehead atoms. The van der Waals surface area contributed by atoms with Crippen LogP contribution in [0.25, 0.3) is 0 Å². The highest BCUT2D eigenvalue weighted by Crippen LogP contribution is 2.45. The van der Waals surface area contributed by atoms with Gasteiger partial charge in [0.15, 0.2) is 5.78 Å². The van der Waals surface area contributed by atoms with Crippen LogP contribution in [0, 0.1) is 0 Å². The monoisotopic (exact) mass is 439 g/mol. The highest BCUT2D eigenvalue weighted by atomic mass is 79.9. The quantitative estimate of drug-likeness (QED) is 0.642. The molecule has 1 atom stereocenters. The number of carbonyl (C=O) groups excluding carboxylic acids is 2. The molecule has 0 radical (unpaired) electrons. The first-order valence-corrected chi connectivity index (χ1v) is 10.5. The molecule has 0 aromatic heterocycles. The normalized spacial score (nSPS) is 19.6. The van der Waals surface area contributed by atoms with Crippen LogP contribution in [0.1, 0.15) is 44.1 Å². The largest absolute Gasteiger partial charge is 0.494 e. The van der Waals surface area contributed by atoms with Crippen LogP contribution in [0.5, 0.6) is 5.75 Å². The maximum absolute atomic E-state index is 13.2. The molecule has 1 unspecified atom stereocenters. The van der Waals surface area contributed by atoms with E-state index >= 15 is 0 Å². The summed E-state index contributed by atoms with van der Waals surface area (Å²) in [6.45, 7) is 2.48. The maximum Gasteiger partial charge on any atom is 0.232 e. The van der Waals surface area contributed by atoms with Gasteiger partial charge in [-0.15, -0.1) is 0 Å². The Labute approximate surface area is 173 Å². The minimum Gasteiger partial charge on any atom is -0.494 e. The van der Waals surface area contributed by atoms with Crippen molar-refractivity contribution in [3.63, 3.8) is 0 Å². The first kappa shape index (κ1) is 18.9. The van der Waals surface area contributed by atoms with E-state index in [1.54, 1.807) is 4.90 Å². The van der Waals surface area contributed by atoms with Gasteiger partial charge in [-0.2, -0.15) is 0 Å². The third kappa shape index (κ3) is 3.39. The van der Waals surface area contributed by atoms with E-state index in [0.29, 0.717) is 13.0 Å². The maximum atomic E-state index is 13.2. The van der Waals surface area contributed by atoms with Crippen molar-refractivity contribution in [2.45, 2.75) is 38.5 Å². The second kappa shape index (κ2) is 7.92. The first-order valence-electron chi connectivity index (χ1n) is 9.66. The smallest absolute Gasteiger partial charge is 0.232 e. The molecule has 2 aromatic carbocycles. The fourth-order valence-electron chi connectivity index (χ4n) is 4.23. The second-order valence-electron chi connectivity index (χ2n) is 7.07. The van der Waals surface area contributed by atoms with Crippen molar-refractivity contribution in [2.24, 2.45) is 0 Å². The van der Waals surface area contributed by atoms with Crippen molar-refractivity contribution in [3.8, 4) is 5.75 Å². The molecule has 0 fully saturated rings. The molecule has 144 valence electrons. The summed E-state index contributed by atoms with van der Waals surface area (Å²) in [6, 6.07) is 15.4. The van der Waals surface area contributed by atoms with Gasteiger partial charge in [0, 0.05) is 45.8 Å². The van der Waals surface area contributed by atoms with Crippen molar-refractivity contribution in [1.82, 2.24) is 0 Å². The second-order valence-corrected chi connectivity index (χ2v) is 7.99. The average molecular weight is 440 g/mol. The summed E-state index contributed by atoms with van der Waals surface area (Å²) in [5, 5.41) is 0. The van der Waals surface area contributed by atoms with Gasteiger partial charge in [0.25, 0.3) is 0 Å². The molecular weight excluding hydrogens is 418 g/mol. The Morgan fingerprint density at radius 2 is 1.93 bits per heavy atom. The van der Waals surface area contributed by atoms with E-state index in [-0.39, 0.29) is 24.0 Å². The zero-order valence-electron chi connectivity index (χ0n) is 15.8. The van der Waals surface area contributed by atoms with Crippen LogP contribution in [0.2, 0.25) is 0 Å². The number of para-hydroxylation sites is 1. The standard InChI is InChI=1S/C23H22BrNO3/c1-2-28-21-12-4-3-9-17(21)18-14-22(27)25(16-8-5-7-15(24)13-16)19-10-6-11-20(26)23(18)19/h3-5,7-9,12-13,18H,2,6,10-11,14H2,1H3. The number of carbonyl (C=O) groups is 2. The topological polar surface area (TPSA) is 46.6 Å². The number of hydrogen-bond donors (Lipinski definition) is 0. The van der Waals surface area contributed by atoms with Gasteiger partial charge >= 0.3 is 0 Å². The highest BCUT2D eigenvalue weighted by molar-refractivity contribution is 9.10. The predicted octanol–water partition coefficient (Wildman–Crippen LogP) is 5.38. The van der Waals surface area contributed by atoms with Crippen molar-refractivity contribution >= 4 is 33.3 Å². The number of ether oxygens (including phenoxy) is 1. The van der Waals surface area contributed by atoms with Crippen LogP contribution < -0.4 is 9.64 Å². The van der Waals surface area contributed by atoms with Gasteiger partial charge in [0.2, 0.25) is 5.91 Å². The van der Waals surface area contributed by atoms with Crippen molar-refractivity contribution in [2.75, 3.05) is 11.5 Å². The van der Waals surface area contributed by atoms with Gasteiger partial charge in [-0.3, -0.25) is 14.5 Å². The molecule has 1 aliphatic carbocycles. The number of amides is 1. The SMILES string of the molecule is CCOc1ccccc1C1CC(=O)N(c2cccc(Br)c2)C2=C1C(=O)CCC2. The lowest BCUT2D eigenvalue weighted by Gasteiger charge is -2.38. The number of Topliss-reactive ketones (excluding diaryl/α,β-unsaturated/α-hetero) is 1. The summed E-state index contributed by atoms with van der Waals surface area (Å²) < 4.78 is 6.71. The fraction of sp³-hybridized carbons (Fsp3) is 0.304. The lowest BCUT2D eigenvalue weighted by molar-refractivity contribution is -0.119. The Morgan fingerprint density at radius 3 is 2.71 bits per heavy atom. The summed E-state index contributed by atoms with van der Waals surface area (Å²) >= 11 is 3.49. The van der Waals surface area contributed by atoms with Gasteiger partial charge in [-0.25, -0.2) is 0 Å². The third-order valence-electron chi connectivity index (χ3n) is 5.34. The molecule has 4 rings (SSSR count). The molecule has 4 nitrogen and oxygen atoms in total. The van der Waals surface area contributed by atoms with Crippen LogP contribution in [0.3, 0.4) is 0 Å². The third-order valence-corrected chi connectivity index (χ3v) is 5.83. The Balaban J connectivity index is 1.86. The number of nitrogens with zero attached hydrogens (tertiary/aromatic N) is 1. The van der Waals surface area contributed by atoms with Crippen LogP contribution in [-0.2, 0) is 9.59 Å². The van der Waals surface area contributed by atoms with E-state index in [9.17, 15) is 9.59 Å². The lowest BCUT2D eigenvalue weighted by Crippen LogP contribution is -2.40. The number of anilines is 1. The van der Waals surface area contributed by atoms with Crippen LogP contribution >= 0.6 is 15.9 Å². The van der Waals surface area contributed by atoms with E-state index < -0.39 is 0 Å². The molecule has 2 aromatic rings. The molecule has 0 N–H and O–H groups in total. The van der Waals surface area contributed by atoms with E-state index in [2.05, 4.69) is 15.9 Å². The van der Waals surface area contributed by atoms with Crippen molar-refractivity contribution in [3.05, 3.63) is 69.8 Å². The van der Waals surface area contributed by atoms with Gasteiger partial charge in [-0.05, 0) is 44.0 Å². The van der Waals surface area contributed by atoms with Crippen LogP contribution in [0.4, 0.5) is 5.69 Å². The molecule has 0 saturated heterocycles. The highest BCUT2D eigenvalue weighted by Gasteiger charge is 2.40. The zero-order chi connectivity index (χ0) is 19.7. The molecule has 5 heteroatoms. The van der Waals surface area contributed by atoms with E-state index in [0.717, 1.165) is 45.6 Å². The van der Waals surface area contributed by atoms with E-state index in [1.807, 2.05) is 55.5 Å².